The molecule has 1 amide bonds. The molecule has 1 unspecified atom stereocenters. The molecule has 1 saturated carbocycles. The molecule has 1 saturated heterocycles. The predicted molar refractivity (Wildman–Crippen MR) is 108 cm³/mol. The Morgan fingerprint density at radius 3 is 2.61 bits per heavy atom. The average Bonchev–Trinajstić information content (AvgIpc) is 3.22. The van der Waals surface area contributed by atoms with Crippen LogP contribution in [0.25, 0.3) is 0 Å². The molecule has 3 aliphatic rings. The molecule has 2 aliphatic heterocycles. The van der Waals surface area contributed by atoms with Crippen LogP contribution in [-0.4, -0.2) is 52.8 Å². The monoisotopic (exact) mass is 473 g/mol. The Morgan fingerprint density at radius 1 is 1.30 bits per heavy atom. The second-order valence-electron chi connectivity index (χ2n) is 8.00. The number of fused-ring (bicyclic) bond motifs is 1. The standard InChI is InChI=1S/C11H13N4O2.C10H10F3NO.Na/c1-7-8-9(13-6-12-7)15(2)11(10(16)14-8)3-4-17-5-11;11-10(12,13)9-5-4-8(6-14-9)15-7-2-1-3-7;/h3-5H2,1-2H3,(H,14,16);4-7H,1-3H2;/q-1;;+1. The van der Waals surface area contributed by atoms with E-state index in [1.165, 1.54) is 6.07 Å². The van der Waals surface area contributed by atoms with Crippen LogP contribution in [0.5, 0.6) is 5.75 Å². The first-order valence-electron chi connectivity index (χ1n) is 10.3. The molecule has 0 bridgehead atoms. The molecule has 1 N–H and O–H groups in total. The molecular formula is C21H23F3N5NaO3. The van der Waals surface area contributed by atoms with Crippen LogP contribution >= 0.6 is 0 Å². The van der Waals surface area contributed by atoms with Crippen molar-refractivity contribution in [1.82, 2.24) is 15.0 Å². The van der Waals surface area contributed by atoms with E-state index in [2.05, 4.69) is 26.6 Å². The fraction of sp³-hybridized carbons (Fsp3) is 0.524. The molecule has 2 fully saturated rings. The van der Waals surface area contributed by atoms with Gasteiger partial charge in [0, 0.05) is 25.2 Å². The fourth-order valence-corrected chi connectivity index (χ4v) is 3.69. The Kier molecular flexibility index (Phi) is 7.87. The summed E-state index contributed by atoms with van der Waals surface area (Å²) in [6, 6.07) is 2.25. The van der Waals surface area contributed by atoms with E-state index in [0.717, 1.165) is 37.2 Å². The maximum Gasteiger partial charge on any atom is 1.00 e. The van der Waals surface area contributed by atoms with Gasteiger partial charge in [-0.2, -0.15) is 13.2 Å². The van der Waals surface area contributed by atoms with Gasteiger partial charge >= 0.3 is 35.7 Å². The number of likely N-dealkylation sites (N-methyl/N-ethyl adjacent to an activating group) is 1. The number of nitrogens with zero attached hydrogens (tertiary/aromatic N) is 4. The van der Waals surface area contributed by atoms with Crippen molar-refractivity contribution in [2.75, 3.05) is 30.5 Å². The number of aromatic nitrogens is 3. The van der Waals surface area contributed by atoms with Crippen molar-refractivity contribution in [3.05, 3.63) is 36.0 Å². The van der Waals surface area contributed by atoms with Crippen LogP contribution in [0.15, 0.2) is 18.3 Å². The van der Waals surface area contributed by atoms with Gasteiger partial charge < -0.3 is 29.7 Å². The molecule has 1 aliphatic carbocycles. The van der Waals surface area contributed by atoms with Crippen LogP contribution in [0.4, 0.5) is 24.7 Å². The number of aryl methyl sites for hydroxylation is 1. The summed E-state index contributed by atoms with van der Waals surface area (Å²) in [6.45, 7) is 2.83. The van der Waals surface area contributed by atoms with Crippen molar-refractivity contribution < 1.29 is 57.0 Å². The summed E-state index contributed by atoms with van der Waals surface area (Å²) in [5.74, 6) is 1.08. The molecule has 4 heterocycles. The zero-order valence-electron chi connectivity index (χ0n) is 18.7. The fourth-order valence-electron chi connectivity index (χ4n) is 3.69. The molecule has 33 heavy (non-hydrogen) atoms. The largest absolute Gasteiger partial charge is 1.00 e. The van der Waals surface area contributed by atoms with E-state index in [9.17, 15) is 18.0 Å². The van der Waals surface area contributed by atoms with Crippen molar-refractivity contribution in [3.63, 3.8) is 0 Å². The van der Waals surface area contributed by atoms with Gasteiger partial charge in [0.2, 0.25) is 5.91 Å². The smallest absolute Gasteiger partial charge is 0.489 e. The quantitative estimate of drug-likeness (QED) is 0.491. The number of alkyl halides is 3. The number of halogens is 3. The number of ether oxygens (including phenoxy) is 2. The maximum absolute atomic E-state index is 12.2. The van der Waals surface area contributed by atoms with Crippen LogP contribution in [0.2, 0.25) is 0 Å². The second kappa shape index (κ2) is 10.1. The number of rotatable bonds is 2. The predicted octanol–water partition coefficient (Wildman–Crippen LogP) is 0.168. The SMILES string of the molecule is Cc1n[c-]nc2c1NC(=O)C1(CCOC1)N2C.FC(F)(F)c1ccc(OC2CCC2)cn1.[Na+]. The Balaban J connectivity index is 0.000000182. The minimum atomic E-state index is -4.38. The Labute approximate surface area is 211 Å². The van der Waals surface area contributed by atoms with Crippen molar-refractivity contribution in [2.24, 2.45) is 0 Å². The van der Waals surface area contributed by atoms with Crippen LogP contribution in [0, 0.1) is 13.3 Å². The summed E-state index contributed by atoms with van der Waals surface area (Å²) in [7, 11) is 1.87. The number of amides is 1. The Hall–Kier alpha value is -1.95. The summed E-state index contributed by atoms with van der Waals surface area (Å²) >= 11 is 0. The van der Waals surface area contributed by atoms with Crippen molar-refractivity contribution in [1.29, 1.82) is 0 Å². The van der Waals surface area contributed by atoms with Gasteiger partial charge in [0.05, 0.1) is 18.9 Å². The molecule has 5 rings (SSSR count). The third-order valence-corrected chi connectivity index (χ3v) is 5.96. The van der Waals surface area contributed by atoms with Crippen LogP contribution < -0.4 is 44.5 Å². The van der Waals surface area contributed by atoms with Gasteiger partial charge in [0.15, 0.2) is 0 Å². The first-order chi connectivity index (χ1) is 15.2. The van der Waals surface area contributed by atoms with Gasteiger partial charge in [0.25, 0.3) is 0 Å². The van der Waals surface area contributed by atoms with E-state index in [1.807, 2.05) is 18.9 Å². The van der Waals surface area contributed by atoms with Gasteiger partial charge in [-0.15, -0.1) is 0 Å². The third-order valence-electron chi connectivity index (χ3n) is 5.96. The van der Waals surface area contributed by atoms with Crippen LogP contribution in [-0.2, 0) is 15.7 Å². The molecule has 0 aromatic carbocycles. The molecule has 12 heteroatoms. The number of carbonyl (C=O) groups excluding carboxylic acids is 1. The van der Waals surface area contributed by atoms with E-state index < -0.39 is 17.4 Å². The summed E-state index contributed by atoms with van der Waals surface area (Å²) in [5, 5.41) is 2.89. The number of pyridine rings is 1. The number of anilines is 2. The van der Waals surface area contributed by atoms with Crippen molar-refractivity contribution in [3.8, 4) is 5.75 Å². The molecule has 8 nitrogen and oxygen atoms in total. The van der Waals surface area contributed by atoms with E-state index in [-0.39, 0.29) is 41.6 Å². The summed E-state index contributed by atoms with van der Waals surface area (Å²) in [6.07, 6.45) is 3.26. The Morgan fingerprint density at radius 2 is 2.06 bits per heavy atom. The number of nitrogens with one attached hydrogen (secondary N) is 1. The van der Waals surface area contributed by atoms with E-state index >= 15 is 0 Å². The van der Waals surface area contributed by atoms with Gasteiger partial charge in [0.1, 0.15) is 17.0 Å². The topological polar surface area (TPSA) is 89.5 Å². The average molecular weight is 473 g/mol. The van der Waals surface area contributed by atoms with E-state index in [1.54, 1.807) is 0 Å². The zero-order chi connectivity index (χ0) is 22.9. The second-order valence-corrected chi connectivity index (χ2v) is 8.00. The molecule has 0 radical (unpaired) electrons. The summed E-state index contributed by atoms with van der Waals surface area (Å²) in [5.41, 5.74) is -0.108. The van der Waals surface area contributed by atoms with Gasteiger partial charge in [-0.05, 0) is 49.8 Å². The number of hydrogen-bond acceptors (Lipinski definition) is 7. The normalized spacial score (nSPS) is 21.8. The van der Waals surface area contributed by atoms with Gasteiger partial charge in [-0.1, -0.05) is 6.92 Å². The first-order valence-corrected chi connectivity index (χ1v) is 10.3. The molecule has 172 valence electrons. The van der Waals surface area contributed by atoms with Gasteiger partial charge in [-0.25, -0.2) is 4.98 Å². The van der Waals surface area contributed by atoms with Crippen molar-refractivity contribution in [2.45, 2.75) is 50.4 Å². The molecular weight excluding hydrogens is 450 g/mol. The number of carbonyl (C=O) groups is 1. The van der Waals surface area contributed by atoms with Gasteiger partial charge in [-0.3, -0.25) is 4.79 Å². The number of hydrogen-bond donors (Lipinski definition) is 1. The van der Waals surface area contributed by atoms with E-state index in [4.69, 9.17) is 9.47 Å². The maximum atomic E-state index is 12.2. The molecule has 1 atom stereocenters. The summed E-state index contributed by atoms with van der Waals surface area (Å²) in [4.78, 5) is 25.5. The third kappa shape index (κ3) is 5.26. The zero-order valence-corrected chi connectivity index (χ0v) is 20.7. The van der Waals surface area contributed by atoms with Crippen LogP contribution in [0.1, 0.15) is 37.1 Å². The minimum absolute atomic E-state index is 0. The molecule has 2 aromatic heterocycles. The molecule has 2 aromatic rings. The minimum Gasteiger partial charge on any atom is -0.489 e. The Bertz CT molecular complexity index is 980. The van der Waals surface area contributed by atoms with E-state index in [0.29, 0.717) is 36.9 Å². The van der Waals surface area contributed by atoms with Crippen molar-refractivity contribution >= 4 is 17.4 Å². The first kappa shape index (κ1) is 25.7. The van der Waals surface area contributed by atoms with Crippen LogP contribution in [0.3, 0.4) is 0 Å². The summed E-state index contributed by atoms with van der Waals surface area (Å²) < 4.78 is 47.2. The molecule has 1 spiro atoms.